The smallest absolute Gasteiger partial charge is 0.00773 e. The first-order chi connectivity index (χ1) is 11.9. The molecule has 0 rings (SSSR count). The molecule has 0 unspecified atom stereocenters. The van der Waals surface area contributed by atoms with Crippen LogP contribution in [0.3, 0.4) is 0 Å². The summed E-state index contributed by atoms with van der Waals surface area (Å²) in [5.74, 6) is 0. The van der Waals surface area contributed by atoms with Gasteiger partial charge in [-0.05, 0) is 38.6 Å². The molecule has 1 nitrogen and oxygen atoms in total. The minimum Gasteiger partial charge on any atom is -0.330 e. The molecule has 0 aliphatic heterocycles. The van der Waals surface area contributed by atoms with Crippen molar-refractivity contribution in [1.29, 1.82) is 0 Å². The van der Waals surface area contributed by atoms with Crippen LogP contribution < -0.4 is 5.73 Å². The first kappa shape index (κ1) is 23.7. The molecule has 0 aliphatic rings. The van der Waals surface area contributed by atoms with Gasteiger partial charge < -0.3 is 5.73 Å². The molecular formula is C23H47N. The molecule has 0 bridgehead atoms. The first-order valence-corrected chi connectivity index (χ1v) is 11.3. The molecule has 0 saturated carbocycles. The molecule has 144 valence electrons. The highest BCUT2D eigenvalue weighted by Gasteiger charge is 1.93. The van der Waals surface area contributed by atoms with Gasteiger partial charge in [0.25, 0.3) is 0 Å². The van der Waals surface area contributed by atoms with Gasteiger partial charge in [-0.15, -0.1) is 0 Å². The van der Waals surface area contributed by atoms with Gasteiger partial charge in [0.05, 0.1) is 0 Å². The minimum atomic E-state index is 0.869. The van der Waals surface area contributed by atoms with Crippen LogP contribution >= 0.6 is 0 Å². The van der Waals surface area contributed by atoms with Gasteiger partial charge in [0.1, 0.15) is 0 Å². The van der Waals surface area contributed by atoms with Crippen LogP contribution in [0.4, 0.5) is 0 Å². The lowest BCUT2D eigenvalue weighted by Crippen LogP contribution is -1.97. The summed E-state index contributed by atoms with van der Waals surface area (Å²) in [6.45, 7) is 3.16. The maximum absolute atomic E-state index is 5.51. The van der Waals surface area contributed by atoms with Crippen molar-refractivity contribution in [1.82, 2.24) is 0 Å². The molecule has 0 aromatic carbocycles. The molecule has 24 heavy (non-hydrogen) atoms. The molecule has 0 radical (unpaired) electrons. The Labute approximate surface area is 153 Å². The van der Waals surface area contributed by atoms with Gasteiger partial charge in [0.2, 0.25) is 0 Å². The number of hydrogen-bond donors (Lipinski definition) is 1. The van der Waals surface area contributed by atoms with Crippen LogP contribution in [0.1, 0.15) is 129 Å². The Bertz CT molecular complexity index is 234. The van der Waals surface area contributed by atoms with Crippen LogP contribution in [-0.4, -0.2) is 6.54 Å². The van der Waals surface area contributed by atoms with E-state index in [1.165, 1.54) is 122 Å². The second-order valence-corrected chi connectivity index (χ2v) is 7.49. The van der Waals surface area contributed by atoms with Gasteiger partial charge >= 0.3 is 0 Å². The van der Waals surface area contributed by atoms with Gasteiger partial charge in [-0.25, -0.2) is 0 Å². The lowest BCUT2D eigenvalue weighted by molar-refractivity contribution is 0.547. The van der Waals surface area contributed by atoms with E-state index in [1.54, 1.807) is 0 Å². The normalized spacial score (nSPS) is 11.6. The Morgan fingerprint density at radius 1 is 0.458 bits per heavy atom. The van der Waals surface area contributed by atoms with E-state index in [9.17, 15) is 0 Å². The van der Waals surface area contributed by atoms with Crippen molar-refractivity contribution < 1.29 is 0 Å². The standard InChI is InChI=1S/C23H47N/c1-2-3-4-5-6-7-8-9-10-11-12-13-14-15-16-17-18-19-20-21-22-23-24/h9-10H,2-8,11-24H2,1H3. The predicted octanol–water partition coefficient (Wildman–Crippen LogP) is 7.93. The number of allylic oxidation sites excluding steroid dienone is 2. The molecular weight excluding hydrogens is 290 g/mol. The average Bonchev–Trinajstić information content (AvgIpc) is 2.60. The molecule has 2 N–H and O–H groups in total. The van der Waals surface area contributed by atoms with E-state index in [1.807, 2.05) is 0 Å². The lowest BCUT2D eigenvalue weighted by atomic mass is 10.0. The fraction of sp³-hybridized carbons (Fsp3) is 0.913. The van der Waals surface area contributed by atoms with Gasteiger partial charge in [0.15, 0.2) is 0 Å². The zero-order chi connectivity index (χ0) is 17.6. The molecule has 0 aliphatic carbocycles. The van der Waals surface area contributed by atoms with Crippen LogP contribution in [0.25, 0.3) is 0 Å². The van der Waals surface area contributed by atoms with E-state index in [4.69, 9.17) is 5.73 Å². The molecule has 1 heteroatoms. The third-order valence-corrected chi connectivity index (χ3v) is 4.97. The molecule has 0 heterocycles. The fourth-order valence-corrected chi connectivity index (χ4v) is 3.28. The molecule has 0 aromatic rings. The van der Waals surface area contributed by atoms with Crippen LogP contribution in [0.2, 0.25) is 0 Å². The second-order valence-electron chi connectivity index (χ2n) is 7.49. The van der Waals surface area contributed by atoms with Gasteiger partial charge in [0, 0.05) is 0 Å². The zero-order valence-corrected chi connectivity index (χ0v) is 16.9. The van der Waals surface area contributed by atoms with E-state index in [0.29, 0.717) is 0 Å². The Morgan fingerprint density at radius 2 is 0.792 bits per heavy atom. The summed E-state index contributed by atoms with van der Waals surface area (Å²) in [5.41, 5.74) is 5.51. The van der Waals surface area contributed by atoms with Gasteiger partial charge in [-0.1, -0.05) is 109 Å². The molecule has 0 fully saturated rings. The number of rotatable bonds is 20. The van der Waals surface area contributed by atoms with Crippen LogP contribution in [0.15, 0.2) is 12.2 Å². The van der Waals surface area contributed by atoms with Crippen LogP contribution in [-0.2, 0) is 0 Å². The molecule has 0 amide bonds. The van der Waals surface area contributed by atoms with Crippen molar-refractivity contribution in [2.45, 2.75) is 129 Å². The minimum absolute atomic E-state index is 0.869. The third-order valence-electron chi connectivity index (χ3n) is 4.97. The summed E-state index contributed by atoms with van der Waals surface area (Å²) in [6.07, 6.45) is 31.3. The average molecular weight is 338 g/mol. The SMILES string of the molecule is CCCCCCCCC=CCCCCCCCCCCCCCN. The van der Waals surface area contributed by atoms with Crippen molar-refractivity contribution in [2.24, 2.45) is 5.73 Å². The van der Waals surface area contributed by atoms with E-state index in [0.717, 1.165) is 6.54 Å². The van der Waals surface area contributed by atoms with E-state index < -0.39 is 0 Å². The fourth-order valence-electron chi connectivity index (χ4n) is 3.28. The second kappa shape index (κ2) is 22.7. The summed E-state index contributed by atoms with van der Waals surface area (Å²) in [5, 5.41) is 0. The van der Waals surface area contributed by atoms with E-state index in [-0.39, 0.29) is 0 Å². The van der Waals surface area contributed by atoms with Crippen molar-refractivity contribution in [3.8, 4) is 0 Å². The van der Waals surface area contributed by atoms with E-state index in [2.05, 4.69) is 19.1 Å². The highest BCUT2D eigenvalue weighted by molar-refractivity contribution is 4.81. The Hall–Kier alpha value is -0.300. The summed E-state index contributed by atoms with van der Waals surface area (Å²) in [6, 6.07) is 0. The molecule has 0 saturated heterocycles. The Balaban J connectivity index is 3.03. The number of unbranched alkanes of at least 4 members (excludes halogenated alkanes) is 17. The monoisotopic (exact) mass is 337 g/mol. The topological polar surface area (TPSA) is 26.0 Å². The number of nitrogens with two attached hydrogens (primary N) is 1. The Kier molecular flexibility index (Phi) is 22.4. The van der Waals surface area contributed by atoms with Gasteiger partial charge in [-0.2, -0.15) is 0 Å². The first-order valence-electron chi connectivity index (χ1n) is 11.3. The van der Waals surface area contributed by atoms with Crippen molar-refractivity contribution >= 4 is 0 Å². The molecule has 0 atom stereocenters. The third kappa shape index (κ3) is 21.7. The highest BCUT2D eigenvalue weighted by atomic mass is 14.5. The zero-order valence-electron chi connectivity index (χ0n) is 16.9. The van der Waals surface area contributed by atoms with E-state index >= 15 is 0 Å². The maximum atomic E-state index is 5.51. The molecule has 0 spiro atoms. The van der Waals surface area contributed by atoms with Crippen molar-refractivity contribution in [2.75, 3.05) is 6.54 Å². The summed E-state index contributed by atoms with van der Waals surface area (Å²) >= 11 is 0. The van der Waals surface area contributed by atoms with Crippen LogP contribution in [0, 0.1) is 0 Å². The molecule has 0 aromatic heterocycles. The van der Waals surface area contributed by atoms with Crippen molar-refractivity contribution in [3.63, 3.8) is 0 Å². The van der Waals surface area contributed by atoms with Crippen LogP contribution in [0.5, 0.6) is 0 Å². The quantitative estimate of drug-likeness (QED) is 0.177. The summed E-state index contributed by atoms with van der Waals surface area (Å²) in [4.78, 5) is 0. The Morgan fingerprint density at radius 3 is 1.17 bits per heavy atom. The summed E-state index contributed by atoms with van der Waals surface area (Å²) < 4.78 is 0. The lowest BCUT2D eigenvalue weighted by Gasteiger charge is -2.02. The van der Waals surface area contributed by atoms with Crippen molar-refractivity contribution in [3.05, 3.63) is 12.2 Å². The number of hydrogen-bond acceptors (Lipinski definition) is 1. The summed E-state index contributed by atoms with van der Waals surface area (Å²) in [7, 11) is 0. The maximum Gasteiger partial charge on any atom is -0.00773 e. The highest BCUT2D eigenvalue weighted by Crippen LogP contribution is 2.12. The predicted molar refractivity (Wildman–Crippen MR) is 112 cm³/mol. The van der Waals surface area contributed by atoms with Gasteiger partial charge in [-0.3, -0.25) is 0 Å². The largest absolute Gasteiger partial charge is 0.330 e.